The van der Waals surface area contributed by atoms with Gasteiger partial charge in [-0.3, -0.25) is 0 Å². The molecule has 0 aliphatic carbocycles. The Bertz CT molecular complexity index is 554. The van der Waals surface area contributed by atoms with E-state index in [1.54, 1.807) is 6.92 Å². The fourth-order valence-corrected chi connectivity index (χ4v) is 1.12. The molecule has 2 aromatic rings. The Balaban J connectivity index is 2.85. The molecule has 2 heterocycles. The first-order valence-electron chi connectivity index (χ1n) is 5.52. The van der Waals surface area contributed by atoms with Crippen molar-refractivity contribution < 1.29 is 2.74 Å². The number of aromatic nitrogens is 4. The first kappa shape index (κ1) is 6.92. The molecule has 0 aliphatic rings. The molecule has 0 unspecified atom stereocenters. The summed E-state index contributed by atoms with van der Waals surface area (Å²) in [5, 5.41) is 4.10. The third kappa shape index (κ3) is 1.47. The normalized spacial score (nSPS) is 14.3. The molecular formula is C10H14N4. The minimum absolute atomic E-state index is 0.109. The Morgan fingerprint density at radius 2 is 2.14 bits per heavy atom. The van der Waals surface area contributed by atoms with Crippen LogP contribution in [0.3, 0.4) is 0 Å². The maximum absolute atomic E-state index is 8.05. The summed E-state index contributed by atoms with van der Waals surface area (Å²) in [6.07, 6.45) is 0.306. The van der Waals surface area contributed by atoms with Crippen LogP contribution in [0.15, 0.2) is 12.3 Å². The lowest BCUT2D eigenvalue weighted by Gasteiger charge is -2.17. The van der Waals surface area contributed by atoms with Gasteiger partial charge in [0, 0.05) is 12.3 Å². The van der Waals surface area contributed by atoms with Gasteiger partial charge in [-0.2, -0.15) is 10.1 Å². The summed E-state index contributed by atoms with van der Waals surface area (Å²) in [6, 6.07) is 0. The maximum Gasteiger partial charge on any atom is 0.252 e. The lowest BCUT2D eigenvalue weighted by molar-refractivity contribution is 0.581. The van der Waals surface area contributed by atoms with E-state index in [0.717, 1.165) is 0 Å². The van der Waals surface area contributed by atoms with E-state index in [4.69, 9.17) is 2.74 Å². The van der Waals surface area contributed by atoms with Crippen LogP contribution in [0.1, 0.15) is 34.9 Å². The van der Waals surface area contributed by atoms with Crippen LogP contribution in [-0.4, -0.2) is 19.6 Å². The molecule has 74 valence electrons. The van der Waals surface area contributed by atoms with Gasteiger partial charge in [0.1, 0.15) is 5.82 Å². The summed E-state index contributed by atoms with van der Waals surface area (Å²) in [5.74, 6) is 0.881. The Hall–Kier alpha value is -1.45. The zero-order valence-electron chi connectivity index (χ0n) is 10.8. The average molecular weight is 192 g/mol. The van der Waals surface area contributed by atoms with E-state index in [-0.39, 0.29) is 17.8 Å². The first-order chi connectivity index (χ1) is 7.30. The minimum Gasteiger partial charge on any atom is -0.219 e. The highest BCUT2D eigenvalue weighted by Gasteiger charge is 2.15. The van der Waals surface area contributed by atoms with Gasteiger partial charge in [0.05, 0.1) is 2.74 Å². The Labute approximate surface area is 85.8 Å². The topological polar surface area (TPSA) is 43.1 Å². The number of fused-ring (bicyclic) bond motifs is 1. The summed E-state index contributed by atoms with van der Waals surface area (Å²) in [5.41, 5.74) is 0.291. The Morgan fingerprint density at radius 1 is 1.43 bits per heavy atom. The van der Waals surface area contributed by atoms with Gasteiger partial charge >= 0.3 is 0 Å². The molecule has 0 amide bonds. The molecule has 0 radical (unpaired) electrons. The number of hydrogen-bond donors (Lipinski definition) is 0. The van der Waals surface area contributed by atoms with Crippen molar-refractivity contribution in [2.45, 2.75) is 33.1 Å². The molecule has 4 heteroatoms. The third-order valence-electron chi connectivity index (χ3n) is 1.93. The largest absolute Gasteiger partial charge is 0.252 e. The fourth-order valence-electron chi connectivity index (χ4n) is 1.12. The van der Waals surface area contributed by atoms with Crippen molar-refractivity contribution in [3.05, 3.63) is 23.7 Å². The van der Waals surface area contributed by atoms with Gasteiger partial charge in [0.25, 0.3) is 5.78 Å². The van der Waals surface area contributed by atoms with Crippen molar-refractivity contribution in [1.82, 2.24) is 19.6 Å². The van der Waals surface area contributed by atoms with Crippen LogP contribution in [0.25, 0.3) is 5.78 Å². The molecule has 0 aliphatic heterocycles. The van der Waals surface area contributed by atoms with Gasteiger partial charge < -0.3 is 0 Å². The highest BCUT2D eigenvalue weighted by molar-refractivity contribution is 5.29. The van der Waals surface area contributed by atoms with E-state index < -0.39 is 0 Å². The monoisotopic (exact) mass is 192 g/mol. The van der Waals surface area contributed by atoms with Crippen molar-refractivity contribution in [3.8, 4) is 0 Å². The second kappa shape index (κ2) is 2.77. The highest BCUT2D eigenvalue weighted by atomic mass is 15.3. The van der Waals surface area contributed by atoms with Crippen molar-refractivity contribution in [1.29, 1.82) is 0 Å². The van der Waals surface area contributed by atoms with E-state index >= 15 is 0 Å². The fraction of sp³-hybridized carbons (Fsp3) is 0.500. The van der Waals surface area contributed by atoms with Gasteiger partial charge in [-0.05, 0) is 17.9 Å². The van der Waals surface area contributed by atoms with E-state index in [0.29, 0.717) is 17.2 Å². The number of nitrogens with zero attached hydrogens (tertiary/aromatic N) is 4. The molecule has 0 bridgehead atoms. The zero-order valence-corrected chi connectivity index (χ0v) is 8.79. The number of aryl methyl sites for hydroxylation is 1. The summed E-state index contributed by atoms with van der Waals surface area (Å²) in [4.78, 5) is 8.12. The van der Waals surface area contributed by atoms with Crippen LogP contribution in [0.5, 0.6) is 0 Å². The van der Waals surface area contributed by atoms with Gasteiger partial charge in [-0.25, -0.2) is 9.50 Å². The Kier molecular flexibility index (Phi) is 1.37. The molecule has 0 N–H and O–H groups in total. The average Bonchev–Trinajstić information content (AvgIpc) is 2.43. The SMILES string of the molecule is [2H]c1nc2nc(C)nn2c([2H])c1C(C)(C)C. The summed E-state index contributed by atoms with van der Waals surface area (Å²) in [6.45, 7) is 7.61. The molecular weight excluding hydrogens is 176 g/mol. The quantitative estimate of drug-likeness (QED) is 0.638. The van der Waals surface area contributed by atoms with Crippen LogP contribution in [0.2, 0.25) is 0 Å². The van der Waals surface area contributed by atoms with Gasteiger partial charge in [-0.15, -0.1) is 0 Å². The lowest BCUT2D eigenvalue weighted by Crippen LogP contribution is -2.12. The van der Waals surface area contributed by atoms with Crippen molar-refractivity contribution in [2.75, 3.05) is 0 Å². The van der Waals surface area contributed by atoms with Crippen LogP contribution in [0.4, 0.5) is 0 Å². The molecule has 2 aromatic heterocycles. The molecule has 0 spiro atoms. The number of rotatable bonds is 0. The lowest BCUT2D eigenvalue weighted by atomic mass is 9.89. The summed E-state index contributed by atoms with van der Waals surface area (Å²) in [7, 11) is 0. The van der Waals surface area contributed by atoms with Gasteiger partial charge in [-0.1, -0.05) is 20.8 Å². The standard InChI is InChI=1S/C10H14N4/c1-7-12-9-11-5-8(10(2,3)4)6-14(9)13-7/h5-6H,1-4H3/i5D,6D. The van der Waals surface area contributed by atoms with Crippen molar-refractivity contribution in [3.63, 3.8) is 0 Å². The molecule has 4 nitrogen and oxygen atoms in total. The van der Waals surface area contributed by atoms with Gasteiger partial charge in [0.2, 0.25) is 0 Å². The van der Waals surface area contributed by atoms with E-state index in [1.165, 1.54) is 4.52 Å². The Morgan fingerprint density at radius 3 is 2.79 bits per heavy atom. The first-order valence-corrected chi connectivity index (χ1v) is 4.52. The van der Waals surface area contributed by atoms with E-state index in [9.17, 15) is 0 Å². The molecule has 2 rings (SSSR count). The van der Waals surface area contributed by atoms with Crippen LogP contribution in [-0.2, 0) is 5.41 Å². The molecule has 0 aromatic carbocycles. The minimum atomic E-state index is -0.296. The number of hydrogen-bond acceptors (Lipinski definition) is 3. The predicted octanol–water partition coefficient (Wildman–Crippen LogP) is 1.73. The molecule has 0 atom stereocenters. The van der Waals surface area contributed by atoms with Gasteiger partial charge in [0.15, 0.2) is 0 Å². The zero-order chi connectivity index (χ0) is 12.1. The second-order valence-electron chi connectivity index (χ2n) is 4.33. The highest BCUT2D eigenvalue weighted by Crippen LogP contribution is 2.20. The van der Waals surface area contributed by atoms with Crippen LogP contribution < -0.4 is 0 Å². The summed E-state index contributed by atoms with van der Waals surface area (Å²) >= 11 is 0. The summed E-state index contributed by atoms with van der Waals surface area (Å²) < 4.78 is 17.3. The second-order valence-corrected chi connectivity index (χ2v) is 4.33. The molecule has 0 saturated heterocycles. The molecule has 14 heavy (non-hydrogen) atoms. The molecule has 0 fully saturated rings. The third-order valence-corrected chi connectivity index (χ3v) is 1.93. The van der Waals surface area contributed by atoms with E-state index in [1.807, 2.05) is 20.8 Å². The smallest absolute Gasteiger partial charge is 0.219 e. The maximum atomic E-state index is 8.05. The predicted molar refractivity (Wildman–Crippen MR) is 54.2 cm³/mol. The van der Waals surface area contributed by atoms with E-state index in [2.05, 4.69) is 15.1 Å². The molecule has 0 saturated carbocycles. The van der Waals surface area contributed by atoms with Crippen LogP contribution >= 0.6 is 0 Å². The van der Waals surface area contributed by atoms with Crippen molar-refractivity contribution >= 4 is 5.78 Å². The van der Waals surface area contributed by atoms with Crippen LogP contribution in [0, 0.1) is 6.92 Å². The van der Waals surface area contributed by atoms with Crippen molar-refractivity contribution in [2.24, 2.45) is 0 Å².